The number of sulfonamides is 1. The van der Waals surface area contributed by atoms with Crippen molar-refractivity contribution in [2.45, 2.75) is 56.1 Å². The molecule has 1 heterocycles. The van der Waals surface area contributed by atoms with Gasteiger partial charge in [-0.05, 0) is 56.2 Å². The van der Waals surface area contributed by atoms with Gasteiger partial charge in [-0.25, -0.2) is 13.2 Å². The van der Waals surface area contributed by atoms with Crippen molar-refractivity contribution in [1.82, 2.24) is 4.31 Å². The maximum absolute atomic E-state index is 13.8. The highest BCUT2D eigenvalue weighted by atomic mass is 32.2. The molecule has 1 fully saturated rings. The fourth-order valence-electron chi connectivity index (χ4n) is 4.73. The zero-order chi connectivity index (χ0) is 25.7. The van der Waals surface area contributed by atoms with Crippen LogP contribution in [-0.4, -0.2) is 63.6 Å². The van der Waals surface area contributed by atoms with Gasteiger partial charge in [0.05, 0.1) is 37.4 Å². The first-order valence-electron chi connectivity index (χ1n) is 12.2. The lowest BCUT2D eigenvalue weighted by Gasteiger charge is -2.37. The molecular formula is C26H32N2O7S. The number of esters is 1. The van der Waals surface area contributed by atoms with E-state index in [0.717, 1.165) is 19.3 Å². The Balaban J connectivity index is 1.64. The maximum Gasteiger partial charge on any atom is 0.348 e. The van der Waals surface area contributed by atoms with E-state index in [1.165, 1.54) is 28.4 Å². The van der Waals surface area contributed by atoms with Crippen LogP contribution in [0.25, 0.3) is 0 Å². The summed E-state index contributed by atoms with van der Waals surface area (Å²) in [5.74, 6) is -0.0882. The third kappa shape index (κ3) is 5.49. The average Bonchev–Trinajstić information content (AvgIpc) is 2.91. The van der Waals surface area contributed by atoms with Crippen LogP contribution in [0.5, 0.6) is 11.5 Å². The molecule has 1 atom stereocenters. The molecule has 0 aromatic heterocycles. The fourth-order valence-corrected chi connectivity index (χ4v) is 6.37. The minimum atomic E-state index is -3.97. The highest BCUT2D eigenvalue weighted by Gasteiger charge is 2.39. The highest BCUT2D eigenvalue weighted by molar-refractivity contribution is 7.89. The second-order valence-corrected chi connectivity index (χ2v) is 10.7. The van der Waals surface area contributed by atoms with Crippen LogP contribution in [0.1, 0.15) is 39.0 Å². The van der Waals surface area contributed by atoms with Crippen LogP contribution >= 0.6 is 0 Å². The van der Waals surface area contributed by atoms with Crippen molar-refractivity contribution in [3.05, 3.63) is 48.5 Å². The number of carbonyl (C=O) groups excluding carboxylic acids is 2. The maximum atomic E-state index is 13.8. The van der Waals surface area contributed by atoms with Crippen molar-refractivity contribution in [1.29, 1.82) is 0 Å². The number of fused-ring (bicyclic) bond motifs is 1. The van der Waals surface area contributed by atoms with Crippen LogP contribution in [0.3, 0.4) is 0 Å². The van der Waals surface area contributed by atoms with Gasteiger partial charge in [-0.3, -0.25) is 4.79 Å². The molecule has 9 nitrogen and oxygen atoms in total. The standard InChI is InChI=1S/C26H32N2O7S/c1-3-34-20-13-15-21(16-14-20)36(31,32)28(19-9-5-4-6-10-19)18-25(29)27-17-24(26(30)33-2)35-23-12-8-7-11-22(23)27/h7-8,11-16,19,24H,3-6,9-10,17-18H2,1-2H3/t24-/m1/s1. The number of hydrogen-bond donors (Lipinski definition) is 0. The monoisotopic (exact) mass is 516 g/mol. The number of hydrogen-bond acceptors (Lipinski definition) is 7. The Bertz CT molecular complexity index is 1180. The van der Waals surface area contributed by atoms with E-state index in [1.54, 1.807) is 36.4 Å². The summed E-state index contributed by atoms with van der Waals surface area (Å²) in [7, 11) is -2.71. The molecule has 194 valence electrons. The Morgan fingerprint density at radius 1 is 1.06 bits per heavy atom. The molecule has 2 aromatic carbocycles. The molecule has 0 unspecified atom stereocenters. The van der Waals surface area contributed by atoms with Crippen molar-refractivity contribution in [2.75, 3.05) is 31.7 Å². The van der Waals surface area contributed by atoms with E-state index in [4.69, 9.17) is 14.2 Å². The van der Waals surface area contributed by atoms with Crippen molar-refractivity contribution in [2.24, 2.45) is 0 Å². The Morgan fingerprint density at radius 3 is 2.42 bits per heavy atom. The van der Waals surface area contributed by atoms with Crippen molar-refractivity contribution in [3.63, 3.8) is 0 Å². The summed E-state index contributed by atoms with van der Waals surface area (Å²) >= 11 is 0. The molecule has 0 N–H and O–H groups in total. The molecule has 36 heavy (non-hydrogen) atoms. The third-order valence-electron chi connectivity index (χ3n) is 6.55. The topological polar surface area (TPSA) is 102 Å². The number of amides is 1. The number of nitrogens with zero attached hydrogens (tertiary/aromatic N) is 2. The number of anilines is 1. The minimum absolute atomic E-state index is 0.0653. The van der Waals surface area contributed by atoms with Gasteiger partial charge in [-0.1, -0.05) is 31.4 Å². The van der Waals surface area contributed by atoms with Gasteiger partial charge in [0.25, 0.3) is 0 Å². The van der Waals surface area contributed by atoms with Crippen LogP contribution in [0, 0.1) is 0 Å². The number of ether oxygens (including phenoxy) is 3. The van der Waals surface area contributed by atoms with Gasteiger partial charge in [0.1, 0.15) is 11.5 Å². The number of rotatable bonds is 8. The third-order valence-corrected chi connectivity index (χ3v) is 8.47. The molecule has 1 aliphatic heterocycles. The van der Waals surface area contributed by atoms with Gasteiger partial charge in [0.2, 0.25) is 22.0 Å². The Kier molecular flexibility index (Phi) is 8.15. The second-order valence-electron chi connectivity index (χ2n) is 8.85. The molecule has 10 heteroatoms. The molecule has 4 rings (SSSR count). The number of benzene rings is 2. The Morgan fingerprint density at radius 2 is 1.75 bits per heavy atom. The smallest absolute Gasteiger partial charge is 0.348 e. The molecule has 1 aliphatic carbocycles. The zero-order valence-electron chi connectivity index (χ0n) is 20.6. The fraction of sp³-hybridized carbons (Fsp3) is 0.462. The van der Waals surface area contributed by atoms with Gasteiger partial charge in [0.15, 0.2) is 0 Å². The minimum Gasteiger partial charge on any atom is -0.494 e. The van der Waals surface area contributed by atoms with E-state index >= 15 is 0 Å². The van der Waals surface area contributed by atoms with Crippen LogP contribution in [0.4, 0.5) is 5.69 Å². The highest BCUT2D eigenvalue weighted by Crippen LogP contribution is 2.35. The summed E-state index contributed by atoms with van der Waals surface area (Å²) in [5.41, 5.74) is 0.490. The van der Waals surface area contributed by atoms with Crippen molar-refractivity contribution >= 4 is 27.6 Å². The summed E-state index contributed by atoms with van der Waals surface area (Å²) < 4.78 is 44.9. The van der Waals surface area contributed by atoms with Gasteiger partial charge in [0, 0.05) is 6.04 Å². The van der Waals surface area contributed by atoms with Crippen LogP contribution in [0.2, 0.25) is 0 Å². The van der Waals surface area contributed by atoms with E-state index < -0.39 is 28.0 Å². The van der Waals surface area contributed by atoms with E-state index in [-0.39, 0.29) is 24.0 Å². The Labute approximate surface area is 212 Å². The van der Waals surface area contributed by atoms with Crippen molar-refractivity contribution < 1.29 is 32.2 Å². The van der Waals surface area contributed by atoms with Gasteiger partial charge in [-0.2, -0.15) is 4.31 Å². The van der Waals surface area contributed by atoms with Crippen LogP contribution in [-0.2, 0) is 24.3 Å². The summed E-state index contributed by atoms with van der Waals surface area (Å²) in [6.07, 6.45) is 3.22. The molecular weight excluding hydrogens is 484 g/mol. The van der Waals surface area contributed by atoms with Crippen molar-refractivity contribution in [3.8, 4) is 11.5 Å². The van der Waals surface area contributed by atoms with Gasteiger partial charge >= 0.3 is 5.97 Å². The summed E-state index contributed by atoms with van der Waals surface area (Å²) in [6.45, 7) is 1.92. The SMILES string of the molecule is CCOc1ccc(S(=O)(=O)N(CC(=O)N2C[C@H](C(=O)OC)Oc3ccccc32)C2CCCCC2)cc1. The molecule has 2 aromatic rings. The zero-order valence-corrected chi connectivity index (χ0v) is 21.4. The lowest BCUT2D eigenvalue weighted by atomic mass is 9.95. The summed E-state index contributed by atoms with van der Waals surface area (Å²) in [4.78, 5) is 27.4. The lowest BCUT2D eigenvalue weighted by molar-refractivity contribution is -0.148. The molecule has 2 aliphatic rings. The summed E-state index contributed by atoms with van der Waals surface area (Å²) in [6, 6.07) is 12.9. The first-order valence-corrected chi connectivity index (χ1v) is 13.7. The van der Waals surface area contributed by atoms with E-state index in [9.17, 15) is 18.0 Å². The van der Waals surface area contributed by atoms with E-state index in [1.807, 2.05) is 6.92 Å². The van der Waals surface area contributed by atoms with E-state index in [2.05, 4.69) is 0 Å². The number of methoxy groups -OCH3 is 1. The van der Waals surface area contributed by atoms with E-state index in [0.29, 0.717) is 36.6 Å². The van der Waals surface area contributed by atoms with Gasteiger partial charge in [-0.15, -0.1) is 0 Å². The molecule has 0 radical (unpaired) electrons. The molecule has 1 saturated carbocycles. The quantitative estimate of drug-likeness (QED) is 0.496. The lowest BCUT2D eigenvalue weighted by Crippen LogP contribution is -2.52. The largest absolute Gasteiger partial charge is 0.494 e. The molecule has 0 bridgehead atoms. The predicted molar refractivity (Wildman–Crippen MR) is 134 cm³/mol. The second kappa shape index (κ2) is 11.3. The summed E-state index contributed by atoms with van der Waals surface area (Å²) in [5, 5.41) is 0. The first kappa shape index (κ1) is 26.0. The van der Waals surface area contributed by atoms with Crippen LogP contribution in [0.15, 0.2) is 53.4 Å². The number of para-hydroxylation sites is 2. The average molecular weight is 517 g/mol. The normalized spacial score (nSPS) is 18.3. The van der Waals surface area contributed by atoms with Crippen LogP contribution < -0.4 is 14.4 Å². The first-order chi connectivity index (χ1) is 17.3. The molecule has 1 amide bonds. The predicted octanol–water partition coefficient (Wildman–Crippen LogP) is 3.38. The molecule has 0 spiro atoms. The Hall–Kier alpha value is -3.11. The number of carbonyl (C=O) groups is 2. The molecule has 0 saturated heterocycles. The van der Waals surface area contributed by atoms with Gasteiger partial charge < -0.3 is 19.1 Å².